The fraction of sp³-hybridized carbons (Fsp3) is 0.333. The Morgan fingerprint density at radius 3 is 2.51 bits per heavy atom. The Morgan fingerprint density at radius 1 is 0.949 bits per heavy atom. The summed E-state index contributed by atoms with van der Waals surface area (Å²) in [7, 11) is 0. The Bertz CT molecular complexity index is 1680. The molecule has 0 bridgehead atoms. The molecule has 1 N–H and O–H groups in total. The van der Waals surface area contributed by atoms with Gasteiger partial charge in [-0.15, -0.1) is 5.10 Å². The highest BCUT2D eigenvalue weighted by atomic mass is 16.3. The van der Waals surface area contributed by atoms with Gasteiger partial charge in [0.05, 0.1) is 6.26 Å². The van der Waals surface area contributed by atoms with Crippen molar-refractivity contribution in [2.75, 3.05) is 31.1 Å². The predicted octanol–water partition coefficient (Wildman–Crippen LogP) is 4.30. The molecule has 9 nitrogen and oxygen atoms in total. The normalized spacial score (nSPS) is 15.2. The van der Waals surface area contributed by atoms with Crippen LogP contribution in [-0.2, 0) is 6.54 Å². The first-order chi connectivity index (χ1) is 18.9. The third-order valence-electron chi connectivity index (χ3n) is 8.07. The van der Waals surface area contributed by atoms with Gasteiger partial charge in [0, 0.05) is 42.9 Å². The van der Waals surface area contributed by atoms with Crippen molar-refractivity contribution in [3.8, 4) is 0 Å². The average molecular weight is 524 g/mol. The van der Waals surface area contributed by atoms with Crippen LogP contribution in [0.2, 0.25) is 0 Å². The number of anilines is 1. The first kappa shape index (κ1) is 25.1. The minimum absolute atomic E-state index is 0.125. The van der Waals surface area contributed by atoms with Crippen molar-refractivity contribution in [1.29, 1.82) is 0 Å². The summed E-state index contributed by atoms with van der Waals surface area (Å²) < 4.78 is 7.32. The zero-order valence-corrected chi connectivity index (χ0v) is 22.8. The monoisotopic (exact) mass is 523 g/mol. The number of fused-ring (bicyclic) bond motifs is 1. The molecule has 0 spiro atoms. The van der Waals surface area contributed by atoms with E-state index in [1.165, 1.54) is 22.4 Å². The van der Waals surface area contributed by atoms with Gasteiger partial charge >= 0.3 is 0 Å². The summed E-state index contributed by atoms with van der Waals surface area (Å²) in [6.07, 6.45) is 1.64. The van der Waals surface area contributed by atoms with E-state index in [0.717, 1.165) is 48.4 Å². The molecule has 3 aromatic heterocycles. The van der Waals surface area contributed by atoms with Crippen molar-refractivity contribution in [3.63, 3.8) is 0 Å². The second-order valence-corrected chi connectivity index (χ2v) is 10.5. The lowest BCUT2D eigenvalue weighted by Gasteiger charge is -2.40. The number of aryl methyl sites for hydroxylation is 3. The number of nitrogens with zero attached hydrogens (tertiary/aromatic N) is 6. The Balaban J connectivity index is 1.40. The Labute approximate surface area is 227 Å². The molecule has 1 saturated heterocycles. The van der Waals surface area contributed by atoms with Crippen LogP contribution in [0.25, 0.3) is 10.9 Å². The van der Waals surface area contributed by atoms with Gasteiger partial charge in [0.25, 0.3) is 5.56 Å². The quantitative estimate of drug-likeness (QED) is 0.354. The number of aromatic amines is 1. The molecule has 1 fully saturated rings. The van der Waals surface area contributed by atoms with Gasteiger partial charge in [-0.2, -0.15) is 0 Å². The molecule has 5 aromatic rings. The van der Waals surface area contributed by atoms with Crippen LogP contribution in [-0.4, -0.2) is 56.3 Å². The Kier molecular flexibility index (Phi) is 6.52. The third kappa shape index (κ3) is 4.74. The molecule has 1 atom stereocenters. The van der Waals surface area contributed by atoms with Gasteiger partial charge in [0.15, 0.2) is 5.82 Å². The highest BCUT2D eigenvalue weighted by Gasteiger charge is 2.33. The number of pyridine rings is 1. The maximum absolute atomic E-state index is 13.6. The van der Waals surface area contributed by atoms with E-state index in [0.29, 0.717) is 17.9 Å². The summed E-state index contributed by atoms with van der Waals surface area (Å²) >= 11 is 0. The number of benzene rings is 2. The number of tetrazole rings is 1. The molecule has 1 aliphatic heterocycles. The standard InChI is InChI=1S/C30H33N7O2/c1-19-7-5-9-27(22(19)4)35-10-12-36(13-11-35)28(29-32-33-34-37(29)18-24-8-6-14-39-24)25-17-23-15-20(2)21(3)16-26(23)31-30(25)38/h5-9,14-17,28H,10-13,18H2,1-4H3,(H,31,38)/t28-/m1/s1. The van der Waals surface area contributed by atoms with Crippen LogP contribution in [0.1, 0.15) is 45.4 Å². The van der Waals surface area contributed by atoms with Crippen molar-refractivity contribution in [2.24, 2.45) is 0 Å². The SMILES string of the molecule is Cc1cc2cc([C@H](c3nnnn3Cc3ccco3)N3CCN(c4cccc(C)c4C)CC3)c(=O)[nH]c2cc1C. The second-order valence-electron chi connectivity index (χ2n) is 10.5. The molecule has 0 radical (unpaired) electrons. The summed E-state index contributed by atoms with van der Waals surface area (Å²) in [5.41, 5.74) is 7.54. The highest BCUT2D eigenvalue weighted by molar-refractivity contribution is 5.81. The van der Waals surface area contributed by atoms with Gasteiger partial charge in [-0.1, -0.05) is 12.1 Å². The maximum Gasteiger partial charge on any atom is 0.253 e. The lowest BCUT2D eigenvalue weighted by atomic mass is 10.00. The fourth-order valence-corrected chi connectivity index (χ4v) is 5.57. The number of aromatic nitrogens is 5. The second kappa shape index (κ2) is 10.1. The van der Waals surface area contributed by atoms with E-state index in [9.17, 15) is 4.79 Å². The number of furan rings is 1. The molecular weight excluding hydrogens is 490 g/mol. The van der Waals surface area contributed by atoms with Crippen molar-refractivity contribution in [2.45, 2.75) is 40.3 Å². The Hall–Kier alpha value is -4.24. The minimum atomic E-state index is -0.412. The largest absolute Gasteiger partial charge is 0.467 e. The maximum atomic E-state index is 13.6. The van der Waals surface area contributed by atoms with Gasteiger partial charge in [-0.3, -0.25) is 9.69 Å². The van der Waals surface area contributed by atoms with Gasteiger partial charge in [-0.05, 0) is 102 Å². The fourth-order valence-electron chi connectivity index (χ4n) is 5.57. The number of hydrogen-bond acceptors (Lipinski definition) is 7. The van der Waals surface area contributed by atoms with Crippen LogP contribution in [0.5, 0.6) is 0 Å². The highest BCUT2D eigenvalue weighted by Crippen LogP contribution is 2.31. The van der Waals surface area contributed by atoms with Gasteiger partial charge < -0.3 is 14.3 Å². The zero-order valence-electron chi connectivity index (χ0n) is 22.8. The van der Waals surface area contributed by atoms with Crippen LogP contribution in [0.4, 0.5) is 5.69 Å². The van der Waals surface area contributed by atoms with E-state index < -0.39 is 6.04 Å². The molecule has 9 heteroatoms. The zero-order chi connectivity index (χ0) is 27.1. The molecule has 4 heterocycles. The lowest BCUT2D eigenvalue weighted by molar-refractivity contribution is 0.200. The first-order valence-electron chi connectivity index (χ1n) is 13.4. The van der Waals surface area contributed by atoms with Crippen LogP contribution in [0.3, 0.4) is 0 Å². The summed E-state index contributed by atoms with van der Waals surface area (Å²) in [5, 5.41) is 13.8. The van der Waals surface area contributed by atoms with Gasteiger partial charge in [0.1, 0.15) is 18.3 Å². The number of hydrogen-bond donors (Lipinski definition) is 1. The van der Waals surface area contributed by atoms with E-state index in [4.69, 9.17) is 4.42 Å². The van der Waals surface area contributed by atoms with Crippen LogP contribution >= 0.6 is 0 Å². The van der Waals surface area contributed by atoms with E-state index in [2.05, 4.69) is 82.3 Å². The van der Waals surface area contributed by atoms with Gasteiger partial charge in [0.2, 0.25) is 0 Å². The summed E-state index contributed by atoms with van der Waals surface area (Å²) in [6.45, 7) is 12.1. The molecule has 6 rings (SSSR count). The van der Waals surface area contributed by atoms with Crippen LogP contribution < -0.4 is 10.5 Å². The molecule has 1 aliphatic rings. The number of H-pyrrole nitrogens is 1. The molecule has 200 valence electrons. The molecule has 0 saturated carbocycles. The molecule has 0 amide bonds. The molecule has 39 heavy (non-hydrogen) atoms. The van der Waals surface area contributed by atoms with Crippen LogP contribution in [0, 0.1) is 27.7 Å². The number of rotatable bonds is 6. The molecule has 0 aliphatic carbocycles. The predicted molar refractivity (Wildman–Crippen MR) is 151 cm³/mol. The topological polar surface area (TPSA) is 96.1 Å². The van der Waals surface area contributed by atoms with Crippen molar-refractivity contribution in [3.05, 3.63) is 105 Å². The van der Waals surface area contributed by atoms with Gasteiger partial charge in [-0.25, -0.2) is 4.68 Å². The van der Waals surface area contributed by atoms with E-state index in [1.807, 2.05) is 24.3 Å². The summed E-state index contributed by atoms with van der Waals surface area (Å²) in [4.78, 5) is 21.5. The Morgan fingerprint density at radius 2 is 1.74 bits per heavy atom. The lowest BCUT2D eigenvalue weighted by Crippen LogP contribution is -2.49. The van der Waals surface area contributed by atoms with E-state index >= 15 is 0 Å². The summed E-state index contributed by atoms with van der Waals surface area (Å²) in [5.74, 6) is 1.38. The van der Waals surface area contributed by atoms with Crippen LogP contribution in [0.15, 0.2) is 64.0 Å². The van der Waals surface area contributed by atoms with Crippen molar-refractivity contribution >= 4 is 16.6 Å². The molecular formula is C30H33N7O2. The third-order valence-corrected chi connectivity index (χ3v) is 8.07. The smallest absolute Gasteiger partial charge is 0.253 e. The number of nitrogens with one attached hydrogen (secondary N) is 1. The number of piperazine rings is 1. The average Bonchev–Trinajstić information content (AvgIpc) is 3.61. The molecule has 2 aromatic carbocycles. The van der Waals surface area contributed by atoms with E-state index in [1.54, 1.807) is 10.9 Å². The van der Waals surface area contributed by atoms with Crippen molar-refractivity contribution < 1.29 is 4.42 Å². The van der Waals surface area contributed by atoms with E-state index in [-0.39, 0.29) is 5.56 Å². The van der Waals surface area contributed by atoms with Crippen molar-refractivity contribution in [1.82, 2.24) is 30.1 Å². The minimum Gasteiger partial charge on any atom is -0.467 e. The molecule has 0 unspecified atom stereocenters. The summed E-state index contributed by atoms with van der Waals surface area (Å²) in [6, 6.07) is 16.0. The first-order valence-corrected chi connectivity index (χ1v) is 13.4.